The minimum Gasteiger partial charge on any atom is -0.375 e. The second-order valence-electron chi connectivity index (χ2n) is 4.06. The molecule has 2 rings (SSSR count). The molecule has 0 spiro atoms. The Morgan fingerprint density at radius 1 is 1.28 bits per heavy atom. The minimum atomic E-state index is 0.521. The van der Waals surface area contributed by atoms with E-state index in [1.807, 2.05) is 31.2 Å². The van der Waals surface area contributed by atoms with Gasteiger partial charge in [0.15, 0.2) is 0 Å². The highest BCUT2D eigenvalue weighted by Crippen LogP contribution is 2.08. The number of hydrogen-bond donors (Lipinski definition) is 1. The van der Waals surface area contributed by atoms with Gasteiger partial charge in [-0.3, -0.25) is 0 Å². The third-order valence-electron chi connectivity index (χ3n) is 2.24. The maximum atomic E-state index is 5.37. The first kappa shape index (κ1) is 12.4. The molecule has 2 aromatic rings. The standard InChI is InChI=1S/C13H16N4O/c1-10(2)9-18-8-7-14-13-15-11-5-3-4-6-12(11)16-17-13/h3-6H,1,7-9H2,2H3,(H,14,15,17). The number of fused-ring (bicyclic) bond motifs is 1. The fourth-order valence-electron chi connectivity index (χ4n) is 1.44. The van der Waals surface area contributed by atoms with Gasteiger partial charge in [-0.05, 0) is 19.1 Å². The Kier molecular flexibility index (Phi) is 4.20. The Bertz CT molecular complexity index is 541. The lowest BCUT2D eigenvalue weighted by atomic mass is 10.3. The van der Waals surface area contributed by atoms with E-state index in [0.29, 0.717) is 25.7 Å². The molecule has 0 amide bonds. The number of aromatic nitrogens is 3. The number of hydrogen-bond acceptors (Lipinski definition) is 5. The summed E-state index contributed by atoms with van der Waals surface area (Å²) in [6.07, 6.45) is 0. The minimum absolute atomic E-state index is 0.521. The lowest BCUT2D eigenvalue weighted by molar-refractivity contribution is 0.167. The van der Waals surface area contributed by atoms with Gasteiger partial charge in [-0.25, -0.2) is 4.98 Å². The summed E-state index contributed by atoms with van der Waals surface area (Å²) in [5.41, 5.74) is 2.64. The van der Waals surface area contributed by atoms with Gasteiger partial charge in [0.1, 0.15) is 5.52 Å². The highest BCUT2D eigenvalue weighted by Gasteiger charge is 1.99. The first-order valence-corrected chi connectivity index (χ1v) is 5.81. The quantitative estimate of drug-likeness (QED) is 0.622. The van der Waals surface area contributed by atoms with Crippen molar-refractivity contribution in [2.75, 3.05) is 25.1 Å². The van der Waals surface area contributed by atoms with Gasteiger partial charge in [0.05, 0.1) is 18.7 Å². The third-order valence-corrected chi connectivity index (χ3v) is 2.24. The summed E-state index contributed by atoms with van der Waals surface area (Å²) in [5.74, 6) is 0.521. The van der Waals surface area contributed by atoms with Crippen LogP contribution < -0.4 is 5.32 Å². The Morgan fingerprint density at radius 2 is 2.06 bits per heavy atom. The average molecular weight is 244 g/mol. The molecule has 0 unspecified atom stereocenters. The lowest BCUT2D eigenvalue weighted by Crippen LogP contribution is -2.12. The lowest BCUT2D eigenvalue weighted by Gasteiger charge is -2.05. The molecule has 0 saturated heterocycles. The van der Waals surface area contributed by atoms with E-state index in [4.69, 9.17) is 4.74 Å². The van der Waals surface area contributed by atoms with E-state index >= 15 is 0 Å². The molecule has 0 fully saturated rings. The van der Waals surface area contributed by atoms with E-state index in [1.165, 1.54) is 0 Å². The van der Waals surface area contributed by atoms with E-state index in [2.05, 4.69) is 27.1 Å². The van der Waals surface area contributed by atoms with Crippen LogP contribution in [0.4, 0.5) is 5.95 Å². The molecule has 1 N–H and O–H groups in total. The fraction of sp³-hybridized carbons (Fsp3) is 0.308. The predicted molar refractivity (Wildman–Crippen MR) is 71.5 cm³/mol. The van der Waals surface area contributed by atoms with Gasteiger partial charge in [-0.2, -0.15) is 0 Å². The van der Waals surface area contributed by atoms with Crippen molar-refractivity contribution in [3.05, 3.63) is 36.4 Å². The summed E-state index contributed by atoms with van der Waals surface area (Å²) in [6.45, 7) is 7.51. The van der Waals surface area contributed by atoms with Gasteiger partial charge in [0.25, 0.3) is 0 Å². The van der Waals surface area contributed by atoms with Crippen molar-refractivity contribution in [1.82, 2.24) is 15.2 Å². The number of para-hydroxylation sites is 1. The molecule has 18 heavy (non-hydrogen) atoms. The molecule has 0 saturated carbocycles. The van der Waals surface area contributed by atoms with Crippen LogP contribution >= 0.6 is 0 Å². The van der Waals surface area contributed by atoms with Gasteiger partial charge in [0, 0.05) is 6.54 Å². The van der Waals surface area contributed by atoms with Crippen molar-refractivity contribution in [2.24, 2.45) is 0 Å². The van der Waals surface area contributed by atoms with Crippen molar-refractivity contribution < 1.29 is 4.74 Å². The molecule has 0 aliphatic carbocycles. The fourth-order valence-corrected chi connectivity index (χ4v) is 1.44. The van der Waals surface area contributed by atoms with Crippen LogP contribution in [0.3, 0.4) is 0 Å². The number of rotatable bonds is 6. The molecule has 1 aromatic carbocycles. The van der Waals surface area contributed by atoms with E-state index in [9.17, 15) is 0 Å². The summed E-state index contributed by atoms with van der Waals surface area (Å²) in [4.78, 5) is 4.35. The van der Waals surface area contributed by atoms with Crippen molar-refractivity contribution >= 4 is 17.0 Å². The van der Waals surface area contributed by atoms with Crippen LogP contribution in [0.5, 0.6) is 0 Å². The highest BCUT2D eigenvalue weighted by molar-refractivity contribution is 5.73. The molecule has 0 radical (unpaired) electrons. The van der Waals surface area contributed by atoms with Gasteiger partial charge in [-0.1, -0.05) is 24.3 Å². The number of nitrogens with one attached hydrogen (secondary N) is 1. The van der Waals surface area contributed by atoms with Crippen LogP contribution in [0.25, 0.3) is 11.0 Å². The van der Waals surface area contributed by atoms with E-state index in [-0.39, 0.29) is 0 Å². The van der Waals surface area contributed by atoms with Gasteiger partial charge in [-0.15, -0.1) is 10.2 Å². The van der Waals surface area contributed by atoms with Gasteiger partial charge >= 0.3 is 0 Å². The molecule has 5 nitrogen and oxygen atoms in total. The highest BCUT2D eigenvalue weighted by atomic mass is 16.5. The molecular formula is C13H16N4O. The zero-order valence-electron chi connectivity index (χ0n) is 10.4. The Morgan fingerprint density at radius 3 is 2.83 bits per heavy atom. The molecule has 94 valence electrons. The summed E-state index contributed by atoms with van der Waals surface area (Å²) >= 11 is 0. The van der Waals surface area contributed by atoms with Crippen LogP contribution in [0.2, 0.25) is 0 Å². The smallest absolute Gasteiger partial charge is 0.243 e. The summed E-state index contributed by atoms with van der Waals surface area (Å²) in [6, 6.07) is 7.63. The topological polar surface area (TPSA) is 59.9 Å². The number of ether oxygens (including phenoxy) is 1. The monoisotopic (exact) mass is 244 g/mol. The van der Waals surface area contributed by atoms with Gasteiger partial charge in [0.2, 0.25) is 5.95 Å². The second kappa shape index (κ2) is 6.07. The normalized spacial score (nSPS) is 10.5. The zero-order valence-corrected chi connectivity index (χ0v) is 10.4. The predicted octanol–water partition coefficient (Wildman–Crippen LogP) is 2.03. The van der Waals surface area contributed by atoms with E-state index in [1.54, 1.807) is 0 Å². The molecule has 1 aromatic heterocycles. The molecular weight excluding hydrogens is 228 g/mol. The number of benzene rings is 1. The number of anilines is 1. The molecule has 0 aliphatic heterocycles. The van der Waals surface area contributed by atoms with Crippen molar-refractivity contribution in [3.63, 3.8) is 0 Å². The van der Waals surface area contributed by atoms with E-state index in [0.717, 1.165) is 16.6 Å². The SMILES string of the molecule is C=C(C)COCCNc1nnc2ccccc2n1. The molecule has 1 heterocycles. The largest absolute Gasteiger partial charge is 0.375 e. The first-order valence-electron chi connectivity index (χ1n) is 5.81. The van der Waals surface area contributed by atoms with Crippen LogP contribution in [0.15, 0.2) is 36.4 Å². The summed E-state index contributed by atoms with van der Waals surface area (Å²) in [7, 11) is 0. The number of nitrogens with zero attached hydrogens (tertiary/aromatic N) is 3. The third kappa shape index (κ3) is 3.49. The van der Waals surface area contributed by atoms with Crippen LogP contribution in [-0.2, 0) is 4.74 Å². The maximum Gasteiger partial charge on any atom is 0.243 e. The maximum absolute atomic E-state index is 5.37. The summed E-state index contributed by atoms with van der Waals surface area (Å²) < 4.78 is 5.37. The van der Waals surface area contributed by atoms with Crippen molar-refractivity contribution in [2.45, 2.75) is 6.92 Å². The van der Waals surface area contributed by atoms with Crippen LogP contribution in [0.1, 0.15) is 6.92 Å². The Hall–Kier alpha value is -2.01. The van der Waals surface area contributed by atoms with E-state index < -0.39 is 0 Å². The summed E-state index contributed by atoms with van der Waals surface area (Å²) in [5, 5.41) is 11.1. The van der Waals surface area contributed by atoms with Crippen molar-refractivity contribution in [1.29, 1.82) is 0 Å². The average Bonchev–Trinajstić information content (AvgIpc) is 2.38. The molecule has 5 heteroatoms. The first-order chi connectivity index (χ1) is 8.75. The molecule has 0 aliphatic rings. The van der Waals surface area contributed by atoms with Crippen LogP contribution in [0, 0.1) is 0 Å². The molecule has 0 bridgehead atoms. The van der Waals surface area contributed by atoms with Crippen LogP contribution in [-0.4, -0.2) is 34.9 Å². The van der Waals surface area contributed by atoms with Crippen molar-refractivity contribution in [3.8, 4) is 0 Å². The van der Waals surface area contributed by atoms with Gasteiger partial charge < -0.3 is 10.1 Å². The zero-order chi connectivity index (χ0) is 12.8. The second-order valence-corrected chi connectivity index (χ2v) is 4.06. The Labute approximate surface area is 106 Å². The molecule has 0 atom stereocenters. The Balaban J connectivity index is 1.86.